The lowest BCUT2D eigenvalue weighted by Gasteiger charge is -2.09. The number of carbonyl (C=O) groups excluding carboxylic acids is 2. The molecule has 0 bridgehead atoms. The van der Waals surface area contributed by atoms with Gasteiger partial charge in [0.1, 0.15) is 6.54 Å². The maximum atomic E-state index is 11.8. The highest BCUT2D eigenvalue weighted by Crippen LogP contribution is 2.27. The smallest absolute Gasteiger partial charge is 0.261 e. The van der Waals surface area contributed by atoms with Crippen molar-refractivity contribution in [3.05, 3.63) is 41.7 Å². The molecule has 0 unspecified atom stereocenters. The van der Waals surface area contributed by atoms with Crippen molar-refractivity contribution in [2.75, 3.05) is 13.7 Å². The fourth-order valence-electron chi connectivity index (χ4n) is 1.95. The minimum atomic E-state index is -0.595. The van der Waals surface area contributed by atoms with Gasteiger partial charge in [-0.1, -0.05) is 0 Å². The number of nitrogens with zero attached hydrogens (tertiary/aromatic N) is 3. The van der Waals surface area contributed by atoms with Crippen LogP contribution in [-0.4, -0.2) is 41.5 Å². The number of methoxy groups -OCH3 is 1. The van der Waals surface area contributed by atoms with Gasteiger partial charge in [-0.2, -0.15) is 10.2 Å². The molecule has 25 heavy (non-hydrogen) atoms. The van der Waals surface area contributed by atoms with E-state index in [0.29, 0.717) is 17.1 Å². The predicted molar refractivity (Wildman–Crippen MR) is 90.4 cm³/mol. The van der Waals surface area contributed by atoms with Crippen LogP contribution in [-0.2, 0) is 16.1 Å². The second-order valence-electron chi connectivity index (χ2n) is 5.09. The maximum Gasteiger partial charge on any atom is 0.261 e. The standard InChI is InChI=1S/C16H19N5O4/c1-11-5-6-19-21(11)9-16(23)20-18-8-12-3-4-13(24-2)14(7-12)25-10-15(17)22/h3-8H,9-10H2,1-2H3,(H2,17,22)(H,20,23). The van der Waals surface area contributed by atoms with Crippen molar-refractivity contribution in [2.45, 2.75) is 13.5 Å². The summed E-state index contributed by atoms with van der Waals surface area (Å²) in [6, 6.07) is 6.81. The lowest BCUT2D eigenvalue weighted by molar-refractivity contribution is -0.122. The number of nitrogens with two attached hydrogens (primary N) is 1. The van der Waals surface area contributed by atoms with Gasteiger partial charge in [0.2, 0.25) is 0 Å². The Hall–Kier alpha value is -3.36. The van der Waals surface area contributed by atoms with Crippen LogP contribution in [0.5, 0.6) is 11.5 Å². The summed E-state index contributed by atoms with van der Waals surface area (Å²) >= 11 is 0. The number of hydrogen-bond acceptors (Lipinski definition) is 6. The summed E-state index contributed by atoms with van der Waals surface area (Å²) in [6.07, 6.45) is 3.07. The predicted octanol–water partition coefficient (Wildman–Crippen LogP) is 0.215. The molecule has 1 aromatic carbocycles. The van der Waals surface area contributed by atoms with Crippen LogP contribution in [0, 0.1) is 6.92 Å². The number of ether oxygens (including phenoxy) is 2. The highest BCUT2D eigenvalue weighted by molar-refractivity contribution is 5.83. The molecule has 1 aromatic heterocycles. The van der Waals surface area contributed by atoms with Crippen LogP contribution in [0.25, 0.3) is 0 Å². The first-order valence-electron chi connectivity index (χ1n) is 7.39. The molecule has 2 rings (SSSR count). The molecule has 0 aliphatic rings. The molecule has 9 heteroatoms. The van der Waals surface area contributed by atoms with Crippen molar-refractivity contribution in [3.63, 3.8) is 0 Å². The number of nitrogens with one attached hydrogen (secondary N) is 1. The molecule has 0 radical (unpaired) electrons. The third-order valence-corrected chi connectivity index (χ3v) is 3.18. The van der Waals surface area contributed by atoms with E-state index in [0.717, 1.165) is 5.69 Å². The largest absolute Gasteiger partial charge is 0.493 e. The zero-order chi connectivity index (χ0) is 18.2. The third kappa shape index (κ3) is 5.34. The minimum Gasteiger partial charge on any atom is -0.493 e. The van der Waals surface area contributed by atoms with E-state index in [2.05, 4.69) is 15.6 Å². The second kappa shape index (κ2) is 8.48. The Morgan fingerprint density at radius 1 is 1.36 bits per heavy atom. The SMILES string of the molecule is COc1ccc(C=NNC(=O)Cn2nccc2C)cc1OCC(N)=O. The number of aryl methyl sites for hydroxylation is 1. The van der Waals surface area contributed by atoms with Gasteiger partial charge in [-0.05, 0) is 36.8 Å². The molecule has 0 spiro atoms. The fourth-order valence-corrected chi connectivity index (χ4v) is 1.95. The Labute approximate surface area is 144 Å². The van der Waals surface area contributed by atoms with Crippen molar-refractivity contribution in [3.8, 4) is 11.5 Å². The number of aromatic nitrogens is 2. The lowest BCUT2D eigenvalue weighted by atomic mass is 10.2. The molecular weight excluding hydrogens is 326 g/mol. The molecule has 0 fully saturated rings. The first-order chi connectivity index (χ1) is 12.0. The van der Waals surface area contributed by atoms with Crippen LogP contribution in [0.4, 0.5) is 0 Å². The number of amides is 2. The van der Waals surface area contributed by atoms with Gasteiger partial charge < -0.3 is 15.2 Å². The Morgan fingerprint density at radius 2 is 2.16 bits per heavy atom. The van der Waals surface area contributed by atoms with Gasteiger partial charge in [0, 0.05) is 11.9 Å². The Morgan fingerprint density at radius 3 is 2.80 bits per heavy atom. The summed E-state index contributed by atoms with van der Waals surface area (Å²) in [4.78, 5) is 22.7. The van der Waals surface area contributed by atoms with Gasteiger partial charge in [0.05, 0.1) is 13.3 Å². The van der Waals surface area contributed by atoms with E-state index in [-0.39, 0.29) is 19.1 Å². The average Bonchev–Trinajstić information content (AvgIpc) is 2.98. The number of hydrogen-bond donors (Lipinski definition) is 2. The van der Waals surface area contributed by atoms with Gasteiger partial charge in [-0.15, -0.1) is 0 Å². The molecule has 0 saturated heterocycles. The van der Waals surface area contributed by atoms with E-state index < -0.39 is 5.91 Å². The Bertz CT molecular complexity index is 785. The molecule has 0 aliphatic heterocycles. The minimum absolute atomic E-state index is 0.0752. The molecule has 2 aromatic rings. The van der Waals surface area contributed by atoms with Crippen LogP contribution in [0.3, 0.4) is 0 Å². The third-order valence-electron chi connectivity index (χ3n) is 3.18. The van der Waals surface area contributed by atoms with Crippen molar-refractivity contribution in [2.24, 2.45) is 10.8 Å². The monoisotopic (exact) mass is 345 g/mol. The van der Waals surface area contributed by atoms with Crippen LogP contribution >= 0.6 is 0 Å². The number of benzene rings is 1. The molecule has 2 amide bonds. The highest BCUT2D eigenvalue weighted by Gasteiger charge is 2.07. The zero-order valence-electron chi connectivity index (χ0n) is 13.9. The van der Waals surface area contributed by atoms with Gasteiger partial charge in [0.15, 0.2) is 18.1 Å². The molecule has 0 aliphatic carbocycles. The van der Waals surface area contributed by atoms with Crippen LogP contribution in [0.15, 0.2) is 35.6 Å². The molecule has 1 heterocycles. The molecule has 132 valence electrons. The Balaban J connectivity index is 1.97. The number of carbonyl (C=O) groups is 2. The summed E-state index contributed by atoms with van der Waals surface area (Å²) < 4.78 is 12.0. The van der Waals surface area contributed by atoms with Crippen molar-refractivity contribution in [1.82, 2.24) is 15.2 Å². The van der Waals surface area contributed by atoms with Gasteiger partial charge >= 0.3 is 0 Å². The summed E-state index contributed by atoms with van der Waals surface area (Å²) in [6.45, 7) is 1.66. The summed E-state index contributed by atoms with van der Waals surface area (Å²) in [7, 11) is 1.48. The molecule has 0 atom stereocenters. The van der Waals surface area contributed by atoms with E-state index in [1.54, 1.807) is 29.1 Å². The summed E-state index contributed by atoms with van der Waals surface area (Å²) in [5.41, 5.74) is 9.01. The average molecular weight is 345 g/mol. The Kier molecular flexibility index (Phi) is 6.10. The van der Waals surface area contributed by atoms with Gasteiger partial charge in [0.25, 0.3) is 11.8 Å². The number of rotatable bonds is 8. The maximum absolute atomic E-state index is 11.8. The van der Waals surface area contributed by atoms with E-state index in [9.17, 15) is 9.59 Å². The van der Waals surface area contributed by atoms with E-state index in [1.807, 2.05) is 13.0 Å². The van der Waals surface area contributed by atoms with Crippen LogP contribution in [0.1, 0.15) is 11.3 Å². The molecule has 3 N–H and O–H groups in total. The lowest BCUT2D eigenvalue weighted by Crippen LogP contribution is -2.24. The molecule has 9 nitrogen and oxygen atoms in total. The van der Waals surface area contributed by atoms with E-state index >= 15 is 0 Å². The van der Waals surface area contributed by atoms with Gasteiger partial charge in [-0.25, -0.2) is 5.43 Å². The van der Waals surface area contributed by atoms with Crippen LogP contribution in [0.2, 0.25) is 0 Å². The molecule has 0 saturated carbocycles. The van der Waals surface area contributed by atoms with E-state index in [4.69, 9.17) is 15.2 Å². The molecular formula is C16H19N5O4. The second-order valence-corrected chi connectivity index (χ2v) is 5.09. The van der Waals surface area contributed by atoms with Gasteiger partial charge in [-0.3, -0.25) is 14.3 Å². The van der Waals surface area contributed by atoms with E-state index in [1.165, 1.54) is 13.3 Å². The van der Waals surface area contributed by atoms with Crippen molar-refractivity contribution < 1.29 is 19.1 Å². The first-order valence-corrected chi connectivity index (χ1v) is 7.39. The summed E-state index contributed by atoms with van der Waals surface area (Å²) in [5.74, 6) is -0.0931. The van der Waals surface area contributed by atoms with Crippen molar-refractivity contribution >= 4 is 18.0 Å². The topological polar surface area (TPSA) is 121 Å². The normalized spacial score (nSPS) is 10.6. The van der Waals surface area contributed by atoms with Crippen LogP contribution < -0.4 is 20.6 Å². The fraction of sp³-hybridized carbons (Fsp3) is 0.250. The summed E-state index contributed by atoms with van der Waals surface area (Å²) in [5, 5.41) is 7.91. The first kappa shape index (κ1) is 18.0. The highest BCUT2D eigenvalue weighted by atomic mass is 16.5. The quantitative estimate of drug-likeness (QED) is 0.523. The number of primary amides is 1. The number of hydrazone groups is 1. The van der Waals surface area contributed by atoms with Crippen molar-refractivity contribution in [1.29, 1.82) is 0 Å². The zero-order valence-corrected chi connectivity index (χ0v) is 13.9.